The Labute approximate surface area is 94.4 Å². The first-order valence-electron chi connectivity index (χ1n) is 4.38. The first kappa shape index (κ1) is 12.3. The van der Waals surface area contributed by atoms with Gasteiger partial charge in [-0.3, -0.25) is 0 Å². The maximum Gasteiger partial charge on any atom is 0.261 e. The smallest absolute Gasteiger partial charge is 0.261 e. The first-order chi connectivity index (χ1) is 6.79. The van der Waals surface area contributed by atoms with Crippen molar-refractivity contribution in [2.45, 2.75) is 25.7 Å². The normalized spacial score (nSPS) is 11.5. The maximum atomic E-state index is 11.3. The molecule has 0 aliphatic carbocycles. The Morgan fingerprint density at radius 1 is 1.13 bits per heavy atom. The quantitative estimate of drug-likeness (QED) is 0.756. The topological polar surface area (TPSA) is 43.4 Å². The molecule has 0 saturated heterocycles. The molecule has 1 aromatic carbocycles. The van der Waals surface area contributed by atoms with Crippen molar-refractivity contribution < 1.29 is 13.2 Å². The van der Waals surface area contributed by atoms with Crippen molar-refractivity contribution in [1.82, 2.24) is 0 Å². The van der Waals surface area contributed by atoms with Crippen LogP contribution >= 0.6 is 10.7 Å². The van der Waals surface area contributed by atoms with Gasteiger partial charge in [-0.2, -0.15) is 0 Å². The molecule has 0 fully saturated rings. The standard InChI is InChI=1S/C10H13ClO3S/c1-6-7(2)9(14-4)5-10(8(6)3)15(11,12)13/h5H,1-4H3. The molecule has 0 aliphatic rings. The fraction of sp³-hybridized carbons (Fsp3) is 0.400. The fourth-order valence-electron chi connectivity index (χ4n) is 1.45. The number of methoxy groups -OCH3 is 1. The SMILES string of the molecule is COc1cc(S(=O)(=O)Cl)c(C)c(C)c1C. The van der Waals surface area contributed by atoms with E-state index in [1.54, 1.807) is 6.92 Å². The molecule has 15 heavy (non-hydrogen) atoms. The predicted molar refractivity (Wildman–Crippen MR) is 60.2 cm³/mol. The van der Waals surface area contributed by atoms with Gasteiger partial charge in [-0.15, -0.1) is 0 Å². The van der Waals surface area contributed by atoms with Gasteiger partial charge in [0.2, 0.25) is 0 Å². The first-order valence-corrected chi connectivity index (χ1v) is 6.69. The van der Waals surface area contributed by atoms with Crippen LogP contribution in [0, 0.1) is 20.8 Å². The van der Waals surface area contributed by atoms with E-state index in [2.05, 4.69) is 0 Å². The lowest BCUT2D eigenvalue weighted by atomic mass is 10.0. The lowest BCUT2D eigenvalue weighted by Gasteiger charge is -2.13. The minimum atomic E-state index is -3.71. The van der Waals surface area contributed by atoms with E-state index >= 15 is 0 Å². The summed E-state index contributed by atoms with van der Waals surface area (Å²) >= 11 is 0. The molecule has 0 heterocycles. The van der Waals surface area contributed by atoms with Gasteiger partial charge in [-0.25, -0.2) is 8.42 Å². The van der Waals surface area contributed by atoms with E-state index in [0.29, 0.717) is 11.3 Å². The van der Waals surface area contributed by atoms with E-state index in [1.807, 2.05) is 13.8 Å². The van der Waals surface area contributed by atoms with Crippen molar-refractivity contribution in [1.29, 1.82) is 0 Å². The highest BCUT2D eigenvalue weighted by atomic mass is 35.7. The second kappa shape index (κ2) is 4.02. The molecule has 0 aromatic heterocycles. The highest BCUT2D eigenvalue weighted by Gasteiger charge is 2.18. The summed E-state index contributed by atoms with van der Waals surface area (Å²) < 4.78 is 27.7. The molecule has 0 aliphatic heterocycles. The Morgan fingerprint density at radius 3 is 2.07 bits per heavy atom. The highest BCUT2D eigenvalue weighted by molar-refractivity contribution is 8.13. The Kier molecular flexibility index (Phi) is 3.31. The van der Waals surface area contributed by atoms with E-state index in [9.17, 15) is 8.42 Å². The van der Waals surface area contributed by atoms with Gasteiger partial charge in [0.05, 0.1) is 12.0 Å². The lowest BCUT2D eigenvalue weighted by Crippen LogP contribution is -2.01. The Bertz CT molecular complexity index is 492. The molecule has 0 unspecified atom stereocenters. The molecule has 0 amide bonds. The van der Waals surface area contributed by atoms with Crippen molar-refractivity contribution in [3.05, 3.63) is 22.8 Å². The lowest BCUT2D eigenvalue weighted by molar-refractivity contribution is 0.409. The second-order valence-corrected chi connectivity index (χ2v) is 5.92. The van der Waals surface area contributed by atoms with E-state index in [0.717, 1.165) is 11.1 Å². The maximum absolute atomic E-state index is 11.3. The molecule has 0 radical (unpaired) electrons. The van der Waals surface area contributed by atoms with Crippen LogP contribution in [-0.2, 0) is 9.05 Å². The summed E-state index contributed by atoms with van der Waals surface area (Å²) in [7, 11) is 3.12. The van der Waals surface area contributed by atoms with Gasteiger partial charge < -0.3 is 4.74 Å². The summed E-state index contributed by atoms with van der Waals surface area (Å²) in [6.45, 7) is 5.46. The second-order valence-electron chi connectivity index (χ2n) is 3.39. The molecular weight excluding hydrogens is 236 g/mol. The van der Waals surface area contributed by atoms with E-state index < -0.39 is 9.05 Å². The Balaban J connectivity index is 3.64. The van der Waals surface area contributed by atoms with E-state index in [4.69, 9.17) is 15.4 Å². The van der Waals surface area contributed by atoms with Crippen LogP contribution in [0.2, 0.25) is 0 Å². The van der Waals surface area contributed by atoms with Crippen LogP contribution in [0.4, 0.5) is 0 Å². The number of ether oxygens (including phenoxy) is 1. The van der Waals surface area contributed by atoms with Crippen LogP contribution in [-0.4, -0.2) is 15.5 Å². The zero-order chi connectivity index (χ0) is 11.8. The molecule has 5 heteroatoms. The molecular formula is C10H13ClO3S. The minimum absolute atomic E-state index is 0.115. The zero-order valence-electron chi connectivity index (χ0n) is 9.09. The van der Waals surface area contributed by atoms with Gasteiger partial charge in [0.25, 0.3) is 9.05 Å². The summed E-state index contributed by atoms with van der Waals surface area (Å²) in [5, 5.41) is 0. The molecule has 3 nitrogen and oxygen atoms in total. The summed E-state index contributed by atoms with van der Waals surface area (Å²) in [5.74, 6) is 0.539. The third kappa shape index (κ3) is 2.26. The number of hydrogen-bond acceptors (Lipinski definition) is 3. The predicted octanol–water partition coefficient (Wildman–Crippen LogP) is 2.55. The monoisotopic (exact) mass is 248 g/mol. The van der Waals surface area contributed by atoms with Crippen molar-refractivity contribution in [2.75, 3.05) is 7.11 Å². The zero-order valence-corrected chi connectivity index (χ0v) is 10.7. The molecule has 1 rings (SSSR count). The molecule has 0 bridgehead atoms. The van der Waals surface area contributed by atoms with Crippen LogP contribution in [0.1, 0.15) is 16.7 Å². The minimum Gasteiger partial charge on any atom is -0.496 e. The van der Waals surface area contributed by atoms with Gasteiger partial charge in [-0.1, -0.05) is 0 Å². The van der Waals surface area contributed by atoms with Crippen LogP contribution in [0.25, 0.3) is 0 Å². The van der Waals surface area contributed by atoms with Gasteiger partial charge in [0.1, 0.15) is 5.75 Å². The number of rotatable bonds is 2. The third-order valence-electron chi connectivity index (χ3n) is 2.61. The third-order valence-corrected chi connectivity index (χ3v) is 4.06. The molecule has 0 spiro atoms. The van der Waals surface area contributed by atoms with Crippen molar-refractivity contribution in [3.63, 3.8) is 0 Å². The number of hydrogen-bond donors (Lipinski definition) is 0. The number of benzene rings is 1. The fourth-order valence-corrected chi connectivity index (χ4v) is 2.70. The van der Waals surface area contributed by atoms with Crippen LogP contribution in [0.5, 0.6) is 5.75 Å². The van der Waals surface area contributed by atoms with E-state index in [1.165, 1.54) is 13.2 Å². The van der Waals surface area contributed by atoms with Gasteiger partial charge in [0.15, 0.2) is 0 Å². The largest absolute Gasteiger partial charge is 0.496 e. The molecule has 0 saturated carbocycles. The van der Waals surface area contributed by atoms with Crippen LogP contribution in [0.15, 0.2) is 11.0 Å². The van der Waals surface area contributed by atoms with Crippen molar-refractivity contribution >= 4 is 19.7 Å². The summed E-state index contributed by atoms with van der Waals surface area (Å²) in [5.41, 5.74) is 2.48. The highest BCUT2D eigenvalue weighted by Crippen LogP contribution is 2.31. The Morgan fingerprint density at radius 2 is 1.67 bits per heavy atom. The van der Waals surface area contributed by atoms with Gasteiger partial charge in [-0.05, 0) is 37.5 Å². The summed E-state index contributed by atoms with van der Waals surface area (Å²) in [6.07, 6.45) is 0. The Hall–Kier alpha value is -0.740. The van der Waals surface area contributed by atoms with Crippen molar-refractivity contribution in [3.8, 4) is 5.75 Å². The molecule has 84 valence electrons. The average molecular weight is 249 g/mol. The summed E-state index contributed by atoms with van der Waals surface area (Å²) in [6, 6.07) is 1.46. The summed E-state index contributed by atoms with van der Waals surface area (Å²) in [4.78, 5) is 0.115. The van der Waals surface area contributed by atoms with Gasteiger partial charge in [0, 0.05) is 16.7 Å². The average Bonchev–Trinajstić information content (AvgIpc) is 2.13. The molecule has 0 atom stereocenters. The van der Waals surface area contributed by atoms with Crippen LogP contribution in [0.3, 0.4) is 0 Å². The number of halogens is 1. The molecule has 1 aromatic rings. The molecule has 0 N–H and O–H groups in total. The van der Waals surface area contributed by atoms with Crippen molar-refractivity contribution in [2.24, 2.45) is 0 Å². The van der Waals surface area contributed by atoms with E-state index in [-0.39, 0.29) is 4.90 Å². The van der Waals surface area contributed by atoms with Crippen LogP contribution < -0.4 is 4.74 Å². The van der Waals surface area contributed by atoms with Gasteiger partial charge >= 0.3 is 0 Å².